The molecule has 1 amide bonds. The molecule has 1 saturated heterocycles. The van der Waals surface area contributed by atoms with Crippen molar-refractivity contribution in [2.24, 2.45) is 0 Å². The number of hydrogen-bond donors (Lipinski definition) is 2. The fraction of sp³-hybridized carbons (Fsp3) is 0.212. The van der Waals surface area contributed by atoms with E-state index >= 15 is 0 Å². The second kappa shape index (κ2) is 12.0. The van der Waals surface area contributed by atoms with Crippen LogP contribution in [0.4, 0.5) is 5.69 Å². The lowest BCUT2D eigenvalue weighted by molar-refractivity contribution is 0.0698. The number of carboxylic acids is 1. The minimum absolute atomic E-state index is 0.0289. The summed E-state index contributed by atoms with van der Waals surface area (Å²) in [6, 6.07) is 30.3. The number of carbonyl (C=O) groups is 2. The van der Waals surface area contributed by atoms with Crippen LogP contribution in [0.3, 0.4) is 0 Å². The maximum Gasteiger partial charge on any atom is 0.337 e. The van der Waals surface area contributed by atoms with Gasteiger partial charge in [0.1, 0.15) is 12.4 Å². The summed E-state index contributed by atoms with van der Waals surface area (Å²) < 4.78 is 6.13. The van der Waals surface area contributed by atoms with E-state index in [1.807, 2.05) is 78.9 Å². The zero-order valence-electron chi connectivity index (χ0n) is 22.0. The van der Waals surface area contributed by atoms with Crippen LogP contribution in [0.2, 0.25) is 0 Å². The Balaban J connectivity index is 1.47. The van der Waals surface area contributed by atoms with Crippen molar-refractivity contribution >= 4 is 17.6 Å². The summed E-state index contributed by atoms with van der Waals surface area (Å²) in [6.07, 6.45) is 2.04. The third-order valence-corrected chi connectivity index (χ3v) is 7.28. The minimum atomic E-state index is -1.11. The molecule has 0 aromatic heterocycles. The molecule has 1 fully saturated rings. The quantitative estimate of drug-likeness (QED) is 0.271. The van der Waals surface area contributed by atoms with Crippen LogP contribution in [0.25, 0.3) is 11.1 Å². The van der Waals surface area contributed by atoms with Gasteiger partial charge in [0.25, 0.3) is 5.91 Å². The number of benzene rings is 4. The number of carbonyl (C=O) groups excluding carboxylic acids is 1. The smallest absolute Gasteiger partial charge is 0.337 e. The van der Waals surface area contributed by atoms with Gasteiger partial charge in [0.2, 0.25) is 0 Å². The number of amides is 1. The first-order chi connectivity index (χ1) is 19.0. The molecule has 0 saturated carbocycles. The number of ether oxygens (including phenoxy) is 1. The van der Waals surface area contributed by atoms with Crippen LogP contribution in [0.1, 0.15) is 50.6 Å². The van der Waals surface area contributed by atoms with Crippen molar-refractivity contribution in [3.05, 3.63) is 119 Å². The Bertz CT molecular complexity index is 1450. The highest BCUT2D eigenvalue weighted by Gasteiger charge is 2.23. The van der Waals surface area contributed by atoms with E-state index in [1.165, 1.54) is 6.07 Å². The molecule has 0 unspecified atom stereocenters. The van der Waals surface area contributed by atoms with Gasteiger partial charge in [-0.2, -0.15) is 0 Å². The number of hydrogen-bond acceptors (Lipinski definition) is 4. The molecule has 1 heterocycles. The Morgan fingerprint density at radius 1 is 0.846 bits per heavy atom. The van der Waals surface area contributed by atoms with E-state index in [9.17, 15) is 14.7 Å². The Morgan fingerprint density at radius 3 is 2.23 bits per heavy atom. The highest BCUT2D eigenvalue weighted by atomic mass is 16.5. The van der Waals surface area contributed by atoms with Crippen molar-refractivity contribution in [2.45, 2.75) is 25.4 Å². The molecule has 0 aliphatic carbocycles. The molecule has 4 aromatic carbocycles. The lowest BCUT2D eigenvalue weighted by Gasteiger charge is -2.29. The van der Waals surface area contributed by atoms with Gasteiger partial charge in [-0.25, -0.2) is 4.79 Å². The fourth-order valence-electron chi connectivity index (χ4n) is 5.02. The van der Waals surface area contributed by atoms with Crippen LogP contribution >= 0.6 is 0 Å². The fourth-order valence-corrected chi connectivity index (χ4v) is 5.02. The molecule has 1 aliphatic heterocycles. The van der Waals surface area contributed by atoms with Crippen molar-refractivity contribution in [3.63, 3.8) is 0 Å². The van der Waals surface area contributed by atoms with E-state index in [-0.39, 0.29) is 11.3 Å². The Hall–Kier alpha value is -4.42. The lowest BCUT2D eigenvalue weighted by Crippen LogP contribution is -2.29. The van der Waals surface area contributed by atoms with Gasteiger partial charge in [-0.3, -0.25) is 4.79 Å². The molecule has 1 aliphatic rings. The number of nitrogens with one attached hydrogen (secondary N) is 1. The van der Waals surface area contributed by atoms with Gasteiger partial charge >= 0.3 is 5.97 Å². The monoisotopic (exact) mass is 520 g/mol. The number of piperidine rings is 1. The highest BCUT2D eigenvalue weighted by Crippen LogP contribution is 2.33. The molecule has 0 spiro atoms. The number of carboxylic acid groups (broad SMARTS) is 1. The predicted octanol–water partition coefficient (Wildman–Crippen LogP) is 6.69. The van der Waals surface area contributed by atoms with E-state index in [0.29, 0.717) is 23.8 Å². The van der Waals surface area contributed by atoms with Crippen molar-refractivity contribution in [2.75, 3.05) is 25.5 Å². The predicted molar refractivity (Wildman–Crippen MR) is 153 cm³/mol. The van der Waals surface area contributed by atoms with Gasteiger partial charge in [0.15, 0.2) is 0 Å². The Kier molecular flexibility index (Phi) is 8.04. The van der Waals surface area contributed by atoms with Crippen LogP contribution in [0, 0.1) is 0 Å². The van der Waals surface area contributed by atoms with Crippen molar-refractivity contribution in [1.29, 1.82) is 0 Å². The normalized spacial score (nSPS) is 14.1. The number of nitrogens with zero attached hydrogens (tertiary/aromatic N) is 1. The molecule has 6 nitrogen and oxygen atoms in total. The van der Waals surface area contributed by atoms with Crippen LogP contribution < -0.4 is 10.1 Å². The van der Waals surface area contributed by atoms with Crippen molar-refractivity contribution in [1.82, 2.24) is 4.90 Å². The van der Waals surface area contributed by atoms with Gasteiger partial charge in [-0.05, 0) is 85.4 Å². The summed E-state index contributed by atoms with van der Waals surface area (Å²) in [4.78, 5) is 28.1. The topological polar surface area (TPSA) is 78.9 Å². The summed E-state index contributed by atoms with van der Waals surface area (Å²) in [5.41, 5.74) is 4.50. The average Bonchev–Trinajstić information content (AvgIpc) is 2.97. The molecule has 0 atom stereocenters. The van der Waals surface area contributed by atoms with Crippen LogP contribution in [0.5, 0.6) is 5.75 Å². The van der Waals surface area contributed by atoms with Gasteiger partial charge in [-0.15, -0.1) is 0 Å². The summed E-state index contributed by atoms with van der Waals surface area (Å²) in [5, 5.41) is 12.7. The zero-order chi connectivity index (χ0) is 27.2. The zero-order valence-corrected chi connectivity index (χ0v) is 22.0. The molecule has 4 aromatic rings. The van der Waals surface area contributed by atoms with Gasteiger partial charge in [0.05, 0.1) is 16.8 Å². The van der Waals surface area contributed by atoms with E-state index in [4.69, 9.17) is 4.74 Å². The average molecular weight is 521 g/mol. The van der Waals surface area contributed by atoms with Crippen LogP contribution in [0.15, 0.2) is 97.1 Å². The first-order valence-electron chi connectivity index (χ1n) is 13.2. The molecular formula is C33H32N2O4. The molecule has 39 heavy (non-hydrogen) atoms. The molecule has 2 N–H and O–H groups in total. The molecule has 0 bridgehead atoms. The van der Waals surface area contributed by atoms with Crippen LogP contribution in [-0.2, 0) is 6.61 Å². The number of likely N-dealkylation sites (tertiary alicyclic amines) is 1. The molecular weight excluding hydrogens is 488 g/mol. The number of rotatable bonds is 8. The standard InChI is InChI=1S/C33H32N2O4/c1-35-18-16-25(17-19-35)26-13-15-31(39-22-23-8-4-2-5-9-23)29(20-26)32(36)34-30-21-27(12-14-28(30)33(37)38)24-10-6-3-7-11-24/h2-15,20-21,25H,16-19,22H2,1H3,(H,34,36)(H,37,38). The van der Waals surface area contributed by atoms with Crippen LogP contribution in [-0.4, -0.2) is 42.0 Å². The second-order valence-electron chi connectivity index (χ2n) is 9.99. The molecule has 0 radical (unpaired) electrons. The first kappa shape index (κ1) is 26.2. The Morgan fingerprint density at radius 2 is 1.54 bits per heavy atom. The summed E-state index contributed by atoms with van der Waals surface area (Å²) >= 11 is 0. The van der Waals surface area contributed by atoms with Gasteiger partial charge < -0.3 is 20.1 Å². The third kappa shape index (κ3) is 6.36. The summed E-state index contributed by atoms with van der Waals surface area (Å²) in [7, 11) is 2.12. The second-order valence-corrected chi connectivity index (χ2v) is 9.99. The molecule has 198 valence electrons. The van der Waals surface area contributed by atoms with Gasteiger partial charge in [0, 0.05) is 0 Å². The SMILES string of the molecule is CN1CCC(c2ccc(OCc3ccccc3)c(C(=O)Nc3cc(-c4ccccc4)ccc3C(=O)O)c2)CC1. The number of aromatic carboxylic acids is 1. The van der Waals surface area contributed by atoms with E-state index in [2.05, 4.69) is 17.3 Å². The minimum Gasteiger partial charge on any atom is -0.488 e. The Labute approximate surface area is 228 Å². The summed E-state index contributed by atoms with van der Waals surface area (Å²) in [5.74, 6) is -0.692. The maximum atomic E-state index is 13.8. The van der Waals surface area contributed by atoms with E-state index in [1.54, 1.807) is 12.1 Å². The van der Waals surface area contributed by atoms with E-state index < -0.39 is 11.9 Å². The van der Waals surface area contributed by atoms with E-state index in [0.717, 1.165) is 48.2 Å². The number of anilines is 1. The highest BCUT2D eigenvalue weighted by molar-refractivity contribution is 6.09. The van der Waals surface area contributed by atoms with Gasteiger partial charge in [-0.1, -0.05) is 72.8 Å². The largest absolute Gasteiger partial charge is 0.488 e. The third-order valence-electron chi connectivity index (χ3n) is 7.28. The lowest BCUT2D eigenvalue weighted by atomic mass is 9.88. The maximum absolute atomic E-state index is 13.8. The molecule has 6 heteroatoms. The van der Waals surface area contributed by atoms with Crippen molar-refractivity contribution in [3.8, 4) is 16.9 Å². The molecule has 5 rings (SSSR count). The first-order valence-corrected chi connectivity index (χ1v) is 13.2. The van der Waals surface area contributed by atoms with Crippen molar-refractivity contribution < 1.29 is 19.4 Å². The summed E-state index contributed by atoms with van der Waals surface area (Å²) in [6.45, 7) is 2.33.